The van der Waals surface area contributed by atoms with E-state index in [0.29, 0.717) is 22.8 Å². The predicted molar refractivity (Wildman–Crippen MR) is 97.1 cm³/mol. The number of methoxy groups -OCH3 is 3. The smallest absolute Gasteiger partial charge is 0.417 e. The number of halogens is 3. The first-order chi connectivity index (χ1) is 13.3. The Morgan fingerprint density at radius 1 is 1.04 bits per heavy atom. The number of anilines is 1. The molecule has 2 aromatic heterocycles. The summed E-state index contributed by atoms with van der Waals surface area (Å²) in [6.45, 7) is 1.68. The van der Waals surface area contributed by atoms with Crippen molar-refractivity contribution < 1.29 is 27.4 Å². The molecule has 3 aromatic rings. The van der Waals surface area contributed by atoms with E-state index in [2.05, 4.69) is 20.5 Å². The van der Waals surface area contributed by atoms with Crippen molar-refractivity contribution in [3.8, 4) is 17.2 Å². The second-order valence-electron chi connectivity index (χ2n) is 5.99. The summed E-state index contributed by atoms with van der Waals surface area (Å²) in [6, 6.07) is 4.41. The van der Waals surface area contributed by atoms with Gasteiger partial charge in [0.05, 0.1) is 32.3 Å². The monoisotopic (exact) mass is 396 g/mol. The average Bonchev–Trinajstić information content (AvgIpc) is 3.06. The van der Waals surface area contributed by atoms with Crippen molar-refractivity contribution >= 4 is 16.9 Å². The highest BCUT2D eigenvalue weighted by Crippen LogP contribution is 2.39. The van der Waals surface area contributed by atoms with E-state index in [0.717, 1.165) is 6.07 Å². The number of alkyl halides is 3. The molecule has 150 valence electrons. The molecule has 0 aliphatic rings. The molecule has 0 aliphatic heterocycles. The molecule has 0 saturated carbocycles. The first-order valence-corrected chi connectivity index (χ1v) is 8.24. The summed E-state index contributed by atoms with van der Waals surface area (Å²) in [4.78, 5) is 4.09. The molecule has 1 aromatic carbocycles. The fourth-order valence-corrected chi connectivity index (χ4v) is 2.93. The maximum atomic E-state index is 13.5. The van der Waals surface area contributed by atoms with Crippen LogP contribution in [0.5, 0.6) is 17.2 Å². The van der Waals surface area contributed by atoms with Gasteiger partial charge in [0, 0.05) is 12.2 Å². The molecule has 0 atom stereocenters. The molecule has 0 aliphatic carbocycles. The van der Waals surface area contributed by atoms with E-state index in [-0.39, 0.29) is 29.1 Å². The molecule has 0 bridgehead atoms. The Morgan fingerprint density at radius 3 is 2.21 bits per heavy atom. The number of ether oxygens (including phenoxy) is 3. The molecule has 7 nitrogen and oxygen atoms in total. The number of aromatic nitrogens is 3. The van der Waals surface area contributed by atoms with Crippen LogP contribution in [0.3, 0.4) is 0 Å². The Kier molecular flexibility index (Phi) is 5.21. The number of pyridine rings is 1. The minimum Gasteiger partial charge on any atom is -0.493 e. The average molecular weight is 396 g/mol. The number of aromatic amines is 1. The summed E-state index contributed by atoms with van der Waals surface area (Å²) in [5, 5.41) is 9.32. The van der Waals surface area contributed by atoms with Crippen molar-refractivity contribution in [1.29, 1.82) is 0 Å². The van der Waals surface area contributed by atoms with Crippen LogP contribution in [0.4, 0.5) is 19.0 Å². The van der Waals surface area contributed by atoms with Crippen LogP contribution in [0.1, 0.15) is 16.8 Å². The SMILES string of the molecule is COc1cc(CNc2n[nH]c3nc(C)cc(C(F)(F)F)c23)cc(OC)c1OC. The fraction of sp³-hybridized carbons (Fsp3) is 0.333. The van der Waals surface area contributed by atoms with Crippen LogP contribution in [-0.2, 0) is 12.7 Å². The Hall–Kier alpha value is -3.17. The minimum absolute atomic E-state index is 0.0589. The van der Waals surface area contributed by atoms with Gasteiger partial charge in [0.15, 0.2) is 23.0 Å². The quantitative estimate of drug-likeness (QED) is 0.657. The summed E-state index contributed by atoms with van der Waals surface area (Å²) in [7, 11) is 4.46. The zero-order valence-electron chi connectivity index (χ0n) is 15.7. The molecular weight excluding hydrogens is 377 g/mol. The zero-order valence-corrected chi connectivity index (χ0v) is 15.7. The largest absolute Gasteiger partial charge is 0.493 e. The van der Waals surface area contributed by atoms with Gasteiger partial charge < -0.3 is 19.5 Å². The standard InChI is InChI=1S/C18H19F3N4O3/c1-9-5-11(18(19,20)21)14-16(24-25-17(14)23-9)22-8-10-6-12(26-2)15(28-4)13(7-10)27-3/h5-7H,8H2,1-4H3,(H2,22,23,24,25). The first kappa shape index (κ1) is 19.6. The maximum absolute atomic E-state index is 13.5. The van der Waals surface area contributed by atoms with Crippen LogP contribution in [-0.4, -0.2) is 36.5 Å². The van der Waals surface area contributed by atoms with Gasteiger partial charge in [-0.05, 0) is 30.7 Å². The fourth-order valence-electron chi connectivity index (χ4n) is 2.93. The number of nitrogens with zero attached hydrogens (tertiary/aromatic N) is 2. The number of fused-ring (bicyclic) bond motifs is 1. The van der Waals surface area contributed by atoms with Crippen molar-refractivity contribution in [2.45, 2.75) is 19.6 Å². The third-order valence-corrected chi connectivity index (χ3v) is 4.15. The Labute approximate surface area is 158 Å². The molecule has 0 fully saturated rings. The number of hydrogen-bond donors (Lipinski definition) is 2. The molecule has 0 radical (unpaired) electrons. The molecule has 0 unspecified atom stereocenters. The zero-order chi connectivity index (χ0) is 20.5. The van der Waals surface area contributed by atoms with Gasteiger partial charge in [-0.15, -0.1) is 0 Å². The molecular formula is C18H19F3N4O3. The summed E-state index contributed by atoms with van der Waals surface area (Å²) in [6.07, 6.45) is -4.53. The number of rotatable bonds is 6. The van der Waals surface area contributed by atoms with Gasteiger partial charge >= 0.3 is 6.18 Å². The summed E-state index contributed by atoms with van der Waals surface area (Å²) >= 11 is 0. The van der Waals surface area contributed by atoms with Crippen LogP contribution in [0.15, 0.2) is 18.2 Å². The van der Waals surface area contributed by atoms with E-state index in [1.165, 1.54) is 28.3 Å². The van der Waals surface area contributed by atoms with Gasteiger partial charge in [-0.2, -0.15) is 18.3 Å². The molecule has 3 rings (SSSR count). The number of benzene rings is 1. The van der Waals surface area contributed by atoms with E-state index in [1.807, 2.05) is 0 Å². The Balaban J connectivity index is 1.97. The highest BCUT2D eigenvalue weighted by atomic mass is 19.4. The molecule has 28 heavy (non-hydrogen) atoms. The molecule has 10 heteroatoms. The van der Waals surface area contributed by atoms with Gasteiger partial charge in [0.1, 0.15) is 0 Å². The van der Waals surface area contributed by atoms with Gasteiger partial charge in [-0.25, -0.2) is 4.98 Å². The summed E-state index contributed by atoms with van der Waals surface area (Å²) < 4.78 is 56.2. The van der Waals surface area contributed by atoms with Crippen LogP contribution in [0, 0.1) is 6.92 Å². The lowest BCUT2D eigenvalue weighted by atomic mass is 10.1. The predicted octanol–water partition coefficient (Wildman–Crippen LogP) is 3.92. The topological polar surface area (TPSA) is 81.3 Å². The molecule has 0 spiro atoms. The normalized spacial score (nSPS) is 11.5. The third kappa shape index (κ3) is 3.62. The third-order valence-electron chi connectivity index (χ3n) is 4.15. The molecule has 2 heterocycles. The first-order valence-electron chi connectivity index (χ1n) is 8.24. The van der Waals surface area contributed by atoms with E-state index < -0.39 is 11.7 Å². The van der Waals surface area contributed by atoms with Gasteiger partial charge in [-0.1, -0.05) is 0 Å². The lowest BCUT2D eigenvalue weighted by Gasteiger charge is -2.15. The number of hydrogen-bond acceptors (Lipinski definition) is 6. The van der Waals surface area contributed by atoms with Gasteiger partial charge in [0.2, 0.25) is 5.75 Å². The van der Waals surface area contributed by atoms with Crippen molar-refractivity contribution in [1.82, 2.24) is 15.2 Å². The molecule has 2 N–H and O–H groups in total. The van der Waals surface area contributed by atoms with Crippen molar-refractivity contribution in [2.75, 3.05) is 26.6 Å². The number of nitrogens with one attached hydrogen (secondary N) is 2. The molecule has 0 amide bonds. The highest BCUT2D eigenvalue weighted by Gasteiger charge is 2.35. The maximum Gasteiger partial charge on any atom is 0.417 e. The second kappa shape index (κ2) is 7.45. The second-order valence-corrected chi connectivity index (χ2v) is 5.99. The van der Waals surface area contributed by atoms with Gasteiger partial charge in [-0.3, -0.25) is 5.10 Å². The van der Waals surface area contributed by atoms with E-state index in [9.17, 15) is 13.2 Å². The summed E-state index contributed by atoms with van der Waals surface area (Å²) in [5.41, 5.74) is 0.231. The minimum atomic E-state index is -4.53. The Bertz CT molecular complexity index is 977. The van der Waals surface area contributed by atoms with E-state index in [4.69, 9.17) is 14.2 Å². The molecule has 0 saturated heterocycles. The van der Waals surface area contributed by atoms with Crippen molar-refractivity contribution in [3.63, 3.8) is 0 Å². The van der Waals surface area contributed by atoms with Crippen LogP contribution < -0.4 is 19.5 Å². The lowest BCUT2D eigenvalue weighted by Crippen LogP contribution is -2.08. The van der Waals surface area contributed by atoms with E-state index >= 15 is 0 Å². The van der Waals surface area contributed by atoms with Gasteiger partial charge in [0.25, 0.3) is 0 Å². The van der Waals surface area contributed by atoms with Crippen LogP contribution in [0.2, 0.25) is 0 Å². The number of aryl methyl sites for hydroxylation is 1. The van der Waals surface area contributed by atoms with Crippen LogP contribution in [0.25, 0.3) is 11.0 Å². The van der Waals surface area contributed by atoms with Crippen molar-refractivity contribution in [3.05, 3.63) is 35.0 Å². The van der Waals surface area contributed by atoms with Crippen LogP contribution >= 0.6 is 0 Å². The lowest BCUT2D eigenvalue weighted by molar-refractivity contribution is -0.136. The number of H-pyrrole nitrogens is 1. The van der Waals surface area contributed by atoms with E-state index in [1.54, 1.807) is 12.1 Å². The Morgan fingerprint density at radius 2 is 1.68 bits per heavy atom. The summed E-state index contributed by atoms with van der Waals surface area (Å²) in [5.74, 6) is 1.37. The highest BCUT2D eigenvalue weighted by molar-refractivity contribution is 5.91. The van der Waals surface area contributed by atoms with Crippen molar-refractivity contribution in [2.24, 2.45) is 0 Å².